The summed E-state index contributed by atoms with van der Waals surface area (Å²) in [4.78, 5) is 0. The van der Waals surface area contributed by atoms with Crippen molar-refractivity contribution in [1.29, 1.82) is 0 Å². The van der Waals surface area contributed by atoms with E-state index in [4.69, 9.17) is 9.47 Å². The van der Waals surface area contributed by atoms with E-state index in [1.807, 2.05) is 12.1 Å². The minimum atomic E-state index is 0.398. The molecule has 1 heterocycles. The maximum Gasteiger partial charge on any atom is 0.118 e. The van der Waals surface area contributed by atoms with Gasteiger partial charge in [0.2, 0.25) is 0 Å². The summed E-state index contributed by atoms with van der Waals surface area (Å²) >= 11 is 0. The fourth-order valence-electron chi connectivity index (χ4n) is 1.60. The second kappa shape index (κ2) is 4.29. The van der Waals surface area contributed by atoms with Gasteiger partial charge in [-0.05, 0) is 17.7 Å². The molecule has 0 aliphatic carbocycles. The van der Waals surface area contributed by atoms with E-state index in [1.165, 1.54) is 5.56 Å². The molecule has 0 amide bonds. The van der Waals surface area contributed by atoms with Crippen molar-refractivity contribution in [3.8, 4) is 5.75 Å². The van der Waals surface area contributed by atoms with E-state index < -0.39 is 0 Å². The van der Waals surface area contributed by atoms with E-state index in [0.29, 0.717) is 5.92 Å². The van der Waals surface area contributed by atoms with Crippen LogP contribution in [0.3, 0.4) is 0 Å². The molecule has 0 aromatic heterocycles. The molecule has 0 radical (unpaired) electrons. The lowest BCUT2D eigenvalue weighted by Gasteiger charge is -2.17. The average molecular weight is 190 g/mol. The van der Waals surface area contributed by atoms with E-state index in [2.05, 4.69) is 24.3 Å². The third kappa shape index (κ3) is 1.96. The molecule has 2 nitrogen and oxygen atoms in total. The normalized spacial score (nSPS) is 20.8. The smallest absolute Gasteiger partial charge is 0.118 e. The number of ether oxygens (including phenoxy) is 2. The highest BCUT2D eigenvalue weighted by Crippen LogP contribution is 2.22. The molecule has 2 rings (SSSR count). The number of benzene rings is 1. The third-order valence-electron chi connectivity index (χ3n) is 2.42. The molecule has 1 aliphatic rings. The lowest BCUT2D eigenvalue weighted by atomic mass is 9.98. The first kappa shape index (κ1) is 9.28. The molecule has 0 unspecified atom stereocenters. The van der Waals surface area contributed by atoms with Crippen LogP contribution in [0.4, 0.5) is 0 Å². The van der Waals surface area contributed by atoms with Crippen molar-refractivity contribution in [3.63, 3.8) is 0 Å². The second-order valence-corrected chi connectivity index (χ2v) is 3.35. The fraction of sp³-hybridized carbons (Fsp3) is 0.333. The van der Waals surface area contributed by atoms with Crippen molar-refractivity contribution in [2.45, 2.75) is 5.92 Å². The zero-order valence-electron chi connectivity index (χ0n) is 8.27. The van der Waals surface area contributed by atoms with Gasteiger partial charge in [-0.25, -0.2) is 0 Å². The minimum absolute atomic E-state index is 0.398. The molecular formula is C12H14O2. The van der Waals surface area contributed by atoms with Crippen LogP contribution in [0.5, 0.6) is 5.75 Å². The van der Waals surface area contributed by atoms with Gasteiger partial charge >= 0.3 is 0 Å². The molecule has 0 fully saturated rings. The Kier molecular flexibility index (Phi) is 2.84. The lowest BCUT2D eigenvalue weighted by Crippen LogP contribution is -2.10. The maximum absolute atomic E-state index is 5.38. The minimum Gasteiger partial charge on any atom is -0.497 e. The van der Waals surface area contributed by atoms with Gasteiger partial charge in [-0.15, -0.1) is 0 Å². The van der Waals surface area contributed by atoms with Crippen LogP contribution < -0.4 is 4.74 Å². The molecule has 0 N–H and O–H groups in total. The number of hydrogen-bond acceptors (Lipinski definition) is 2. The Bertz CT molecular complexity index is 314. The number of methoxy groups -OCH3 is 1. The Balaban J connectivity index is 2.15. The van der Waals surface area contributed by atoms with Crippen LogP contribution in [0.25, 0.3) is 0 Å². The second-order valence-electron chi connectivity index (χ2n) is 3.35. The van der Waals surface area contributed by atoms with Crippen LogP contribution in [-0.4, -0.2) is 20.3 Å². The quantitative estimate of drug-likeness (QED) is 0.666. The van der Waals surface area contributed by atoms with Gasteiger partial charge in [0.05, 0.1) is 20.3 Å². The predicted octanol–water partition coefficient (Wildman–Crippen LogP) is 2.37. The zero-order chi connectivity index (χ0) is 9.80. The lowest BCUT2D eigenvalue weighted by molar-refractivity contribution is 0.146. The SMILES string of the molecule is COc1ccc([C@H]2C=CCOC2)cc1. The van der Waals surface area contributed by atoms with Crippen molar-refractivity contribution in [1.82, 2.24) is 0 Å². The molecule has 1 aromatic carbocycles. The molecule has 1 atom stereocenters. The van der Waals surface area contributed by atoms with Crippen LogP contribution in [-0.2, 0) is 4.74 Å². The van der Waals surface area contributed by atoms with Crippen molar-refractivity contribution in [2.24, 2.45) is 0 Å². The fourth-order valence-corrected chi connectivity index (χ4v) is 1.60. The average Bonchev–Trinajstić information content (AvgIpc) is 2.30. The van der Waals surface area contributed by atoms with Crippen molar-refractivity contribution in [2.75, 3.05) is 20.3 Å². The Morgan fingerprint density at radius 1 is 1.29 bits per heavy atom. The molecule has 0 spiro atoms. The van der Waals surface area contributed by atoms with Gasteiger partial charge in [-0.2, -0.15) is 0 Å². The molecule has 1 aromatic rings. The Morgan fingerprint density at radius 2 is 2.07 bits per heavy atom. The molecule has 0 saturated heterocycles. The standard InChI is InChI=1S/C12H14O2/c1-13-12-6-4-10(5-7-12)11-3-2-8-14-9-11/h2-7,11H,8-9H2,1H3/t11-/m0/s1. The summed E-state index contributed by atoms with van der Waals surface area (Å²) in [6.45, 7) is 1.52. The first-order chi connectivity index (χ1) is 6.90. The van der Waals surface area contributed by atoms with Gasteiger partial charge < -0.3 is 9.47 Å². The van der Waals surface area contributed by atoms with Gasteiger partial charge in [0.15, 0.2) is 0 Å². The van der Waals surface area contributed by atoms with Crippen LogP contribution in [0, 0.1) is 0 Å². The van der Waals surface area contributed by atoms with Crippen molar-refractivity contribution >= 4 is 0 Å². The molecule has 0 bridgehead atoms. The van der Waals surface area contributed by atoms with Crippen molar-refractivity contribution < 1.29 is 9.47 Å². The number of hydrogen-bond donors (Lipinski definition) is 0. The summed E-state index contributed by atoms with van der Waals surface area (Å²) in [5, 5.41) is 0. The molecule has 14 heavy (non-hydrogen) atoms. The zero-order valence-corrected chi connectivity index (χ0v) is 8.27. The van der Waals surface area contributed by atoms with Crippen LogP contribution in [0.15, 0.2) is 36.4 Å². The van der Waals surface area contributed by atoms with Crippen LogP contribution in [0.1, 0.15) is 11.5 Å². The Hall–Kier alpha value is -1.28. The highest BCUT2D eigenvalue weighted by atomic mass is 16.5. The molecule has 1 aliphatic heterocycles. The Labute approximate surface area is 84.2 Å². The summed E-state index contributed by atoms with van der Waals surface area (Å²) in [5.41, 5.74) is 1.28. The van der Waals surface area contributed by atoms with Gasteiger partial charge in [0.25, 0.3) is 0 Å². The summed E-state index contributed by atoms with van der Waals surface area (Å²) < 4.78 is 10.5. The van der Waals surface area contributed by atoms with Gasteiger partial charge in [-0.3, -0.25) is 0 Å². The van der Waals surface area contributed by atoms with E-state index in [0.717, 1.165) is 19.0 Å². The molecular weight excluding hydrogens is 176 g/mol. The summed E-state index contributed by atoms with van der Waals surface area (Å²) in [5.74, 6) is 1.30. The first-order valence-corrected chi connectivity index (χ1v) is 4.78. The highest BCUT2D eigenvalue weighted by Gasteiger charge is 2.10. The van der Waals surface area contributed by atoms with Crippen LogP contribution in [0.2, 0.25) is 0 Å². The molecule has 74 valence electrons. The van der Waals surface area contributed by atoms with Gasteiger partial charge in [-0.1, -0.05) is 24.3 Å². The first-order valence-electron chi connectivity index (χ1n) is 4.78. The Morgan fingerprint density at radius 3 is 2.64 bits per heavy atom. The largest absolute Gasteiger partial charge is 0.497 e. The monoisotopic (exact) mass is 190 g/mol. The summed E-state index contributed by atoms with van der Waals surface area (Å²) in [6, 6.07) is 8.14. The van der Waals surface area contributed by atoms with Crippen molar-refractivity contribution in [3.05, 3.63) is 42.0 Å². The van der Waals surface area contributed by atoms with E-state index >= 15 is 0 Å². The van der Waals surface area contributed by atoms with E-state index in [9.17, 15) is 0 Å². The third-order valence-corrected chi connectivity index (χ3v) is 2.42. The molecule has 2 heteroatoms. The molecule has 0 saturated carbocycles. The summed E-state index contributed by atoms with van der Waals surface area (Å²) in [7, 11) is 1.68. The summed E-state index contributed by atoms with van der Waals surface area (Å²) in [6.07, 6.45) is 4.27. The predicted molar refractivity (Wildman–Crippen MR) is 55.7 cm³/mol. The van der Waals surface area contributed by atoms with Crippen LogP contribution >= 0.6 is 0 Å². The number of rotatable bonds is 2. The van der Waals surface area contributed by atoms with E-state index in [1.54, 1.807) is 7.11 Å². The topological polar surface area (TPSA) is 18.5 Å². The highest BCUT2D eigenvalue weighted by molar-refractivity contribution is 5.31. The van der Waals surface area contributed by atoms with Gasteiger partial charge in [0.1, 0.15) is 5.75 Å². The maximum atomic E-state index is 5.38. The van der Waals surface area contributed by atoms with E-state index in [-0.39, 0.29) is 0 Å². The van der Waals surface area contributed by atoms with Gasteiger partial charge in [0, 0.05) is 5.92 Å².